The highest BCUT2D eigenvalue weighted by atomic mass is 16.2. The Kier molecular flexibility index (Phi) is 5.76. The third-order valence-electron chi connectivity index (χ3n) is 5.82. The first-order valence-electron chi connectivity index (χ1n) is 11.1. The molecule has 7 nitrogen and oxygen atoms in total. The molecule has 3 aromatic carbocycles. The van der Waals surface area contributed by atoms with Crippen molar-refractivity contribution in [3.05, 3.63) is 83.9 Å². The molecule has 2 heterocycles. The Morgan fingerprint density at radius 3 is 2.61 bits per heavy atom. The number of hydrogen-bond donors (Lipinski definition) is 3. The second-order valence-corrected chi connectivity index (χ2v) is 8.16. The minimum Gasteiger partial charge on any atom is -0.350 e. The molecule has 3 N–H and O–H groups in total. The van der Waals surface area contributed by atoms with Crippen molar-refractivity contribution in [1.82, 2.24) is 15.3 Å². The number of aryl methyl sites for hydroxylation is 1. The Morgan fingerprint density at radius 1 is 0.970 bits per heavy atom. The van der Waals surface area contributed by atoms with E-state index in [1.807, 2.05) is 72.8 Å². The van der Waals surface area contributed by atoms with Crippen LogP contribution >= 0.6 is 0 Å². The second kappa shape index (κ2) is 9.16. The molecule has 4 aromatic rings. The van der Waals surface area contributed by atoms with Crippen LogP contribution in [0.2, 0.25) is 0 Å². The number of benzene rings is 3. The maximum Gasteiger partial charge on any atom is 0.240 e. The van der Waals surface area contributed by atoms with Gasteiger partial charge in [0.25, 0.3) is 0 Å². The number of para-hydroxylation sites is 3. The van der Waals surface area contributed by atoms with Gasteiger partial charge in [-0.25, -0.2) is 4.98 Å². The Morgan fingerprint density at radius 2 is 1.76 bits per heavy atom. The quantitative estimate of drug-likeness (QED) is 0.418. The zero-order valence-electron chi connectivity index (χ0n) is 18.2. The van der Waals surface area contributed by atoms with Crippen LogP contribution in [0.3, 0.4) is 0 Å². The number of amides is 2. The van der Waals surface area contributed by atoms with E-state index < -0.39 is 0 Å². The van der Waals surface area contributed by atoms with Gasteiger partial charge >= 0.3 is 0 Å². The predicted molar refractivity (Wildman–Crippen MR) is 129 cm³/mol. The lowest BCUT2D eigenvalue weighted by Gasteiger charge is -2.22. The highest BCUT2D eigenvalue weighted by Crippen LogP contribution is 2.26. The Labute approximate surface area is 191 Å². The van der Waals surface area contributed by atoms with Crippen molar-refractivity contribution in [3.8, 4) is 0 Å². The van der Waals surface area contributed by atoms with Gasteiger partial charge in [0.05, 0.1) is 11.0 Å². The molecule has 0 fully saturated rings. The number of rotatable bonds is 6. The molecule has 0 radical (unpaired) electrons. The first kappa shape index (κ1) is 20.8. The summed E-state index contributed by atoms with van der Waals surface area (Å²) in [4.78, 5) is 34.5. The molecule has 0 bridgehead atoms. The molecule has 7 heteroatoms. The van der Waals surface area contributed by atoms with E-state index in [0.717, 1.165) is 46.4 Å². The molecular weight excluding hydrogens is 414 g/mol. The molecule has 0 spiro atoms. The number of aromatic nitrogens is 2. The van der Waals surface area contributed by atoms with Crippen molar-refractivity contribution >= 4 is 40.2 Å². The fourth-order valence-electron chi connectivity index (χ4n) is 4.11. The summed E-state index contributed by atoms with van der Waals surface area (Å²) < 4.78 is 0. The van der Waals surface area contributed by atoms with E-state index in [1.54, 1.807) is 4.90 Å². The van der Waals surface area contributed by atoms with Crippen LogP contribution in [0.5, 0.6) is 0 Å². The van der Waals surface area contributed by atoms with Crippen LogP contribution < -0.4 is 15.5 Å². The molecule has 0 saturated heterocycles. The fourth-order valence-corrected chi connectivity index (χ4v) is 4.11. The molecule has 2 amide bonds. The Bertz CT molecular complexity index is 1260. The largest absolute Gasteiger partial charge is 0.350 e. The van der Waals surface area contributed by atoms with E-state index in [1.165, 1.54) is 0 Å². The third-order valence-corrected chi connectivity index (χ3v) is 5.82. The molecule has 166 valence electrons. The zero-order chi connectivity index (χ0) is 22.6. The molecule has 1 aliphatic heterocycles. The normalized spacial score (nSPS) is 13.5. The smallest absolute Gasteiger partial charge is 0.240 e. The molecule has 0 unspecified atom stereocenters. The first-order chi connectivity index (χ1) is 16.2. The number of carbonyl (C=O) groups is 2. The van der Waals surface area contributed by atoms with Gasteiger partial charge in [-0.1, -0.05) is 42.5 Å². The van der Waals surface area contributed by atoms with E-state index >= 15 is 0 Å². The lowest BCUT2D eigenvalue weighted by atomic mass is 10.1. The standard InChI is InChI=1S/C26H25N5O2/c32-24(17-31-23-10-4-1-6-19(23)7-5-11-25(31)33)27-16-18-12-14-20(15-13-18)28-26-29-21-8-2-3-9-22(21)30-26/h1-4,6,8-10,12-15H,5,7,11,16-17H2,(H,27,32)(H2,28,29,30). The topological polar surface area (TPSA) is 90.1 Å². The van der Waals surface area contributed by atoms with E-state index in [2.05, 4.69) is 20.6 Å². The summed E-state index contributed by atoms with van der Waals surface area (Å²) in [6.45, 7) is 0.426. The number of aromatic amines is 1. The van der Waals surface area contributed by atoms with Gasteiger partial charge in [0.1, 0.15) is 6.54 Å². The lowest BCUT2D eigenvalue weighted by Crippen LogP contribution is -2.40. The maximum atomic E-state index is 12.6. The van der Waals surface area contributed by atoms with Crippen molar-refractivity contribution in [1.29, 1.82) is 0 Å². The fraction of sp³-hybridized carbons (Fsp3) is 0.192. The summed E-state index contributed by atoms with van der Waals surface area (Å²) in [5.74, 6) is 0.500. The van der Waals surface area contributed by atoms with Crippen LogP contribution in [-0.4, -0.2) is 28.3 Å². The summed E-state index contributed by atoms with van der Waals surface area (Å²) in [5.41, 5.74) is 5.71. The SMILES string of the molecule is O=C(CN1C(=O)CCCc2ccccc21)NCc1ccc(Nc2nc3ccccc3[nH]2)cc1. The number of nitrogens with one attached hydrogen (secondary N) is 3. The maximum absolute atomic E-state index is 12.6. The predicted octanol–water partition coefficient (Wildman–Crippen LogP) is 4.29. The van der Waals surface area contributed by atoms with Gasteiger partial charge in [0.2, 0.25) is 17.8 Å². The summed E-state index contributed by atoms with van der Waals surface area (Å²) in [5, 5.41) is 6.19. The number of H-pyrrole nitrogens is 1. The number of hydrogen-bond acceptors (Lipinski definition) is 4. The summed E-state index contributed by atoms with van der Waals surface area (Å²) >= 11 is 0. The van der Waals surface area contributed by atoms with Crippen LogP contribution in [0.15, 0.2) is 72.8 Å². The van der Waals surface area contributed by atoms with Crippen molar-refractivity contribution in [2.75, 3.05) is 16.8 Å². The van der Waals surface area contributed by atoms with E-state index in [0.29, 0.717) is 18.9 Å². The summed E-state index contributed by atoms with van der Waals surface area (Å²) in [6, 6.07) is 23.5. The van der Waals surface area contributed by atoms with Crippen LogP contribution in [0.1, 0.15) is 24.0 Å². The number of anilines is 3. The minimum atomic E-state index is -0.176. The van der Waals surface area contributed by atoms with Crippen LogP contribution in [0.4, 0.5) is 17.3 Å². The second-order valence-electron chi connectivity index (χ2n) is 8.16. The van der Waals surface area contributed by atoms with Crippen molar-refractivity contribution in [2.24, 2.45) is 0 Å². The van der Waals surface area contributed by atoms with Gasteiger partial charge in [0.15, 0.2) is 0 Å². The zero-order valence-corrected chi connectivity index (χ0v) is 18.2. The van der Waals surface area contributed by atoms with Crippen molar-refractivity contribution in [3.63, 3.8) is 0 Å². The molecule has 33 heavy (non-hydrogen) atoms. The van der Waals surface area contributed by atoms with E-state index in [-0.39, 0.29) is 18.4 Å². The monoisotopic (exact) mass is 439 g/mol. The highest BCUT2D eigenvalue weighted by molar-refractivity contribution is 5.99. The third kappa shape index (κ3) is 4.72. The van der Waals surface area contributed by atoms with Gasteiger partial charge in [-0.05, 0) is 54.3 Å². The molecule has 1 aromatic heterocycles. The minimum absolute atomic E-state index is 0.00360. The molecule has 0 saturated carbocycles. The first-order valence-corrected chi connectivity index (χ1v) is 11.1. The van der Waals surface area contributed by atoms with Gasteiger partial charge in [-0.15, -0.1) is 0 Å². The van der Waals surface area contributed by atoms with Gasteiger partial charge in [-0.3, -0.25) is 9.59 Å². The highest BCUT2D eigenvalue weighted by Gasteiger charge is 2.23. The average molecular weight is 440 g/mol. The van der Waals surface area contributed by atoms with Crippen molar-refractivity contribution in [2.45, 2.75) is 25.8 Å². The Balaban J connectivity index is 1.18. The van der Waals surface area contributed by atoms with Crippen LogP contribution in [0.25, 0.3) is 11.0 Å². The number of fused-ring (bicyclic) bond motifs is 2. The summed E-state index contributed by atoms with van der Waals surface area (Å²) in [7, 11) is 0. The Hall–Kier alpha value is -4.13. The molecule has 0 aliphatic carbocycles. The van der Waals surface area contributed by atoms with Gasteiger partial charge in [-0.2, -0.15) is 0 Å². The average Bonchev–Trinajstić information content (AvgIpc) is 3.17. The van der Waals surface area contributed by atoms with Gasteiger partial charge < -0.3 is 20.5 Å². The molecule has 1 aliphatic rings. The lowest BCUT2D eigenvalue weighted by molar-refractivity contribution is -0.123. The van der Waals surface area contributed by atoms with Crippen LogP contribution in [0, 0.1) is 0 Å². The summed E-state index contributed by atoms with van der Waals surface area (Å²) in [6.07, 6.45) is 2.12. The van der Waals surface area contributed by atoms with Crippen molar-refractivity contribution < 1.29 is 9.59 Å². The molecular formula is C26H25N5O2. The van der Waals surface area contributed by atoms with E-state index in [9.17, 15) is 9.59 Å². The number of imidazole rings is 1. The van der Waals surface area contributed by atoms with Crippen LogP contribution in [-0.2, 0) is 22.6 Å². The molecule has 0 atom stereocenters. The van der Waals surface area contributed by atoms with E-state index in [4.69, 9.17) is 0 Å². The molecule has 5 rings (SSSR count). The number of nitrogens with zero attached hydrogens (tertiary/aromatic N) is 2. The van der Waals surface area contributed by atoms with Gasteiger partial charge in [0, 0.05) is 24.3 Å². The number of carbonyl (C=O) groups excluding carboxylic acids is 2.